The quantitative estimate of drug-likeness (QED) is 0.357. The van der Waals surface area contributed by atoms with E-state index in [4.69, 9.17) is 21.0 Å². The summed E-state index contributed by atoms with van der Waals surface area (Å²) >= 11 is 6.26. The van der Waals surface area contributed by atoms with E-state index in [-0.39, 0.29) is 11.1 Å². The lowest BCUT2D eigenvalue weighted by molar-refractivity contribution is -0.0807. The van der Waals surface area contributed by atoms with Gasteiger partial charge in [-0.3, -0.25) is 5.01 Å². The summed E-state index contributed by atoms with van der Waals surface area (Å²) in [5.41, 5.74) is 1.18. The Kier molecular flexibility index (Phi) is 7.23. The molecule has 1 saturated heterocycles. The first kappa shape index (κ1) is 24.4. The maximum Gasteiger partial charge on any atom is 0.224 e. The van der Waals surface area contributed by atoms with Gasteiger partial charge in [-0.25, -0.2) is 9.99 Å². The number of halogens is 1. The van der Waals surface area contributed by atoms with Gasteiger partial charge in [0.15, 0.2) is 14.1 Å². The minimum Gasteiger partial charge on any atom is -0.415 e. The molecule has 1 aromatic rings. The molecule has 4 rings (SSSR count). The minimum absolute atomic E-state index is 0.208. The molecule has 2 aliphatic heterocycles. The van der Waals surface area contributed by atoms with Crippen LogP contribution in [0.25, 0.3) is 0 Å². The minimum atomic E-state index is -1.78. The molecule has 1 saturated carbocycles. The lowest BCUT2D eigenvalue weighted by Crippen LogP contribution is -2.56. The van der Waals surface area contributed by atoms with Crippen LogP contribution in [0.3, 0.4) is 0 Å². The molecule has 32 heavy (non-hydrogen) atoms. The molecule has 0 amide bonds. The van der Waals surface area contributed by atoms with Gasteiger partial charge in [-0.2, -0.15) is 4.98 Å². The lowest BCUT2D eigenvalue weighted by atomic mass is 9.89. The molecule has 180 valence electrons. The van der Waals surface area contributed by atoms with Crippen LogP contribution < -0.4 is 5.01 Å². The van der Waals surface area contributed by atoms with Crippen LogP contribution in [-0.4, -0.2) is 54.2 Å². The first-order chi connectivity index (χ1) is 15.1. The highest BCUT2D eigenvalue weighted by Gasteiger charge is 2.45. The van der Waals surface area contributed by atoms with Crippen molar-refractivity contribution in [2.75, 3.05) is 24.7 Å². The fourth-order valence-corrected chi connectivity index (χ4v) is 6.39. The Morgan fingerprint density at radius 3 is 2.53 bits per heavy atom. The Morgan fingerprint density at radius 1 is 1.12 bits per heavy atom. The third-order valence-corrected chi connectivity index (χ3v) is 12.9. The molecule has 2 atom stereocenters. The molecule has 1 aliphatic carbocycles. The van der Waals surface area contributed by atoms with Crippen LogP contribution in [0.1, 0.15) is 84.2 Å². The van der Waals surface area contributed by atoms with Gasteiger partial charge in [0.2, 0.25) is 5.28 Å². The summed E-state index contributed by atoms with van der Waals surface area (Å²) in [5.74, 6) is 1.71. The second-order valence-corrected chi connectivity index (χ2v) is 16.7. The monoisotopic (exact) mass is 479 g/mol. The first-order valence-corrected chi connectivity index (χ1v) is 15.9. The van der Waals surface area contributed by atoms with Crippen molar-refractivity contribution in [3.63, 3.8) is 0 Å². The molecule has 0 bridgehead atoms. The van der Waals surface area contributed by atoms with E-state index in [2.05, 4.69) is 60.9 Å². The van der Waals surface area contributed by atoms with E-state index < -0.39 is 8.32 Å². The van der Waals surface area contributed by atoms with Gasteiger partial charge < -0.3 is 4.43 Å². The zero-order valence-corrected chi connectivity index (χ0v) is 22.7. The SMILES string of the molecule is CC1c2cnc(Cl)nc2N(CC2CCCCC2)N1N1CCCC1CO[Si](C)(C)C(C)(C)C. The van der Waals surface area contributed by atoms with Crippen LogP contribution in [0.5, 0.6) is 0 Å². The number of fused-ring (bicyclic) bond motifs is 1. The Balaban J connectivity index is 1.56. The number of anilines is 1. The van der Waals surface area contributed by atoms with Crippen molar-refractivity contribution < 1.29 is 4.43 Å². The molecule has 6 nitrogen and oxygen atoms in total. The summed E-state index contributed by atoms with van der Waals surface area (Å²) < 4.78 is 6.69. The Bertz CT molecular complexity index is 795. The average molecular weight is 480 g/mol. The molecular weight excluding hydrogens is 438 g/mol. The molecule has 0 spiro atoms. The summed E-state index contributed by atoms with van der Waals surface area (Å²) in [6.07, 6.45) is 11.0. The van der Waals surface area contributed by atoms with Gasteiger partial charge in [-0.15, -0.1) is 5.12 Å². The van der Waals surface area contributed by atoms with Crippen LogP contribution in [0.15, 0.2) is 6.20 Å². The Labute approximate surface area is 200 Å². The van der Waals surface area contributed by atoms with Crippen molar-refractivity contribution in [3.8, 4) is 0 Å². The van der Waals surface area contributed by atoms with Gasteiger partial charge in [-0.1, -0.05) is 40.0 Å². The topological polar surface area (TPSA) is 44.7 Å². The molecule has 3 aliphatic rings. The van der Waals surface area contributed by atoms with Crippen molar-refractivity contribution in [1.29, 1.82) is 0 Å². The van der Waals surface area contributed by atoms with Crippen molar-refractivity contribution in [2.24, 2.45) is 5.92 Å². The van der Waals surface area contributed by atoms with Gasteiger partial charge in [0.25, 0.3) is 0 Å². The number of hydrazine groups is 2. The van der Waals surface area contributed by atoms with Crippen molar-refractivity contribution in [2.45, 2.75) is 103 Å². The molecule has 1 aromatic heterocycles. The maximum atomic E-state index is 6.69. The highest BCUT2D eigenvalue weighted by molar-refractivity contribution is 6.74. The fraction of sp³-hybridized carbons (Fsp3) is 0.833. The summed E-state index contributed by atoms with van der Waals surface area (Å²) in [6.45, 7) is 16.8. The van der Waals surface area contributed by atoms with Crippen LogP contribution in [0.2, 0.25) is 23.4 Å². The summed E-state index contributed by atoms with van der Waals surface area (Å²) in [7, 11) is -1.78. The molecule has 8 heteroatoms. The second kappa shape index (κ2) is 9.49. The smallest absolute Gasteiger partial charge is 0.224 e. The average Bonchev–Trinajstić information content (AvgIpc) is 3.29. The highest BCUT2D eigenvalue weighted by atomic mass is 35.5. The van der Waals surface area contributed by atoms with E-state index in [0.29, 0.717) is 17.2 Å². The van der Waals surface area contributed by atoms with Crippen LogP contribution in [0.4, 0.5) is 5.82 Å². The standard InChI is InChI=1S/C24H42ClN5OSi/c1-18-21-15-26-23(25)27-22(21)29(16-19-11-8-7-9-12-19)30(18)28-14-10-13-20(28)17-31-32(5,6)24(2,3)4/h15,18-20H,7-14,16-17H2,1-6H3. The van der Waals surface area contributed by atoms with E-state index in [9.17, 15) is 0 Å². The molecule has 0 aromatic carbocycles. The zero-order valence-electron chi connectivity index (χ0n) is 20.9. The molecule has 2 unspecified atom stereocenters. The number of rotatable bonds is 6. The predicted octanol–water partition coefficient (Wildman–Crippen LogP) is 6.21. The third-order valence-electron chi connectivity index (χ3n) is 8.26. The van der Waals surface area contributed by atoms with Gasteiger partial charge in [0.1, 0.15) is 0 Å². The second-order valence-electron chi connectivity index (χ2n) is 11.5. The molecule has 2 fully saturated rings. The number of nitrogens with zero attached hydrogens (tertiary/aromatic N) is 5. The van der Waals surface area contributed by atoms with E-state index >= 15 is 0 Å². The zero-order chi connectivity index (χ0) is 23.1. The summed E-state index contributed by atoms with van der Waals surface area (Å²) in [5, 5.41) is 8.04. The third kappa shape index (κ3) is 4.87. The van der Waals surface area contributed by atoms with E-state index in [1.807, 2.05) is 6.20 Å². The van der Waals surface area contributed by atoms with E-state index in [1.54, 1.807) is 0 Å². The Hall–Kier alpha value is -0.733. The summed E-state index contributed by atoms with van der Waals surface area (Å²) in [4.78, 5) is 9.02. The fourth-order valence-electron chi connectivity index (χ4n) is 5.22. The van der Waals surface area contributed by atoms with Crippen LogP contribution in [-0.2, 0) is 4.43 Å². The van der Waals surface area contributed by atoms with Gasteiger partial charge in [0.05, 0.1) is 12.6 Å². The van der Waals surface area contributed by atoms with Gasteiger partial charge in [-0.05, 0) is 68.3 Å². The molecule has 0 radical (unpaired) electrons. The van der Waals surface area contributed by atoms with Crippen molar-refractivity contribution in [1.82, 2.24) is 20.1 Å². The van der Waals surface area contributed by atoms with Gasteiger partial charge in [0, 0.05) is 30.9 Å². The number of hydrogen-bond donors (Lipinski definition) is 0. The largest absolute Gasteiger partial charge is 0.415 e. The lowest BCUT2D eigenvalue weighted by Gasteiger charge is -2.44. The van der Waals surface area contributed by atoms with Crippen LogP contribution in [0, 0.1) is 5.92 Å². The number of aromatic nitrogens is 2. The number of hydrogen-bond acceptors (Lipinski definition) is 6. The maximum absolute atomic E-state index is 6.69. The van der Waals surface area contributed by atoms with Gasteiger partial charge >= 0.3 is 0 Å². The van der Waals surface area contributed by atoms with Crippen LogP contribution >= 0.6 is 11.6 Å². The van der Waals surface area contributed by atoms with Crippen molar-refractivity contribution >= 4 is 25.7 Å². The van der Waals surface area contributed by atoms with E-state index in [0.717, 1.165) is 25.5 Å². The molecular formula is C24H42ClN5OSi. The summed E-state index contributed by atoms with van der Waals surface area (Å²) in [6, 6.07) is 0.609. The molecule has 0 N–H and O–H groups in total. The first-order valence-electron chi connectivity index (χ1n) is 12.6. The molecule has 3 heterocycles. The Morgan fingerprint density at radius 2 is 1.84 bits per heavy atom. The van der Waals surface area contributed by atoms with E-state index in [1.165, 1.54) is 50.5 Å². The van der Waals surface area contributed by atoms with Crippen molar-refractivity contribution in [3.05, 3.63) is 17.0 Å². The normalized spacial score (nSPS) is 26.2. The predicted molar refractivity (Wildman–Crippen MR) is 134 cm³/mol. The highest BCUT2D eigenvalue weighted by Crippen LogP contribution is 2.43.